The molecule has 0 spiro atoms. The third-order valence-corrected chi connectivity index (χ3v) is 6.39. The van der Waals surface area contributed by atoms with Crippen molar-refractivity contribution in [3.05, 3.63) is 95.1 Å². The number of halogens is 3. The highest BCUT2D eigenvalue weighted by Gasteiger charge is 2.20. The van der Waals surface area contributed by atoms with E-state index in [2.05, 4.69) is 21.7 Å². The second-order valence-corrected chi connectivity index (χ2v) is 8.98. The fraction of sp³-hybridized carbons (Fsp3) is 0.125. The van der Waals surface area contributed by atoms with E-state index in [0.29, 0.717) is 33.3 Å². The van der Waals surface area contributed by atoms with Crippen LogP contribution in [0.3, 0.4) is 0 Å². The van der Waals surface area contributed by atoms with E-state index in [9.17, 15) is 8.78 Å². The van der Waals surface area contributed by atoms with Crippen LogP contribution >= 0.6 is 35.6 Å². The van der Waals surface area contributed by atoms with Gasteiger partial charge in [0.25, 0.3) is 5.76 Å². The topological polar surface area (TPSA) is 39.8 Å². The van der Waals surface area contributed by atoms with Crippen LogP contribution in [0.25, 0.3) is 10.9 Å². The Labute approximate surface area is 199 Å². The number of para-hydroxylation sites is 1. The molecule has 3 aromatic carbocycles. The zero-order chi connectivity index (χ0) is 22.5. The average molecular weight is 488 g/mol. The van der Waals surface area contributed by atoms with Crippen molar-refractivity contribution in [1.29, 1.82) is 0 Å². The number of hydrogen-bond acceptors (Lipinski definition) is 2. The summed E-state index contributed by atoms with van der Waals surface area (Å²) in [7, 11) is 0. The first-order valence-corrected chi connectivity index (χ1v) is 11.6. The minimum atomic E-state index is -2.44. The van der Waals surface area contributed by atoms with Gasteiger partial charge in [-0.2, -0.15) is 8.78 Å². The standard InChI is InChI=1S/C24H20ClF2N3S2/c25-21-7-3-1-5-17(21)19(20-13-28-22-8-4-2-6-18(20)22)14-29-24(31)30-15-9-11-16(12-10-15)32-23(26)27/h1-13,19,23,28H,14H2,(H2,29,30,31)/t19-/m1/s1. The lowest BCUT2D eigenvalue weighted by atomic mass is 9.91. The Morgan fingerprint density at radius 1 is 0.969 bits per heavy atom. The summed E-state index contributed by atoms with van der Waals surface area (Å²) in [6.07, 6.45) is 2.01. The number of fused-ring (bicyclic) bond motifs is 1. The van der Waals surface area contributed by atoms with Gasteiger partial charge in [0.05, 0.1) is 0 Å². The van der Waals surface area contributed by atoms with E-state index in [0.717, 1.165) is 27.7 Å². The molecule has 4 aromatic rings. The lowest BCUT2D eigenvalue weighted by Gasteiger charge is -2.21. The minimum absolute atomic E-state index is 0.0376. The molecule has 1 aromatic heterocycles. The summed E-state index contributed by atoms with van der Waals surface area (Å²) in [5.74, 6) is -2.48. The molecule has 3 N–H and O–H groups in total. The van der Waals surface area contributed by atoms with E-state index in [1.165, 1.54) is 0 Å². The zero-order valence-electron chi connectivity index (χ0n) is 16.8. The van der Waals surface area contributed by atoms with Crippen LogP contribution in [0.5, 0.6) is 0 Å². The highest BCUT2D eigenvalue weighted by atomic mass is 35.5. The van der Waals surface area contributed by atoms with Crippen molar-refractivity contribution in [3.63, 3.8) is 0 Å². The van der Waals surface area contributed by atoms with Gasteiger partial charge in [-0.05, 0) is 59.7 Å². The summed E-state index contributed by atoms with van der Waals surface area (Å²) in [5.41, 5.74) is 3.91. The number of benzene rings is 3. The largest absolute Gasteiger partial charge is 0.361 e. The molecule has 0 amide bonds. The van der Waals surface area contributed by atoms with Crippen molar-refractivity contribution in [1.82, 2.24) is 10.3 Å². The Morgan fingerprint density at radius 2 is 1.69 bits per heavy atom. The third kappa shape index (κ3) is 5.41. The maximum absolute atomic E-state index is 12.5. The van der Waals surface area contributed by atoms with Crippen LogP contribution in [0.15, 0.2) is 83.9 Å². The van der Waals surface area contributed by atoms with Gasteiger partial charge in [-0.1, -0.05) is 59.8 Å². The third-order valence-electron chi connectivity index (χ3n) is 5.08. The van der Waals surface area contributed by atoms with Gasteiger partial charge in [-0.15, -0.1) is 0 Å². The van der Waals surface area contributed by atoms with Crippen molar-refractivity contribution >= 4 is 57.3 Å². The molecule has 0 aliphatic heterocycles. The molecule has 0 bridgehead atoms. The van der Waals surface area contributed by atoms with Gasteiger partial charge >= 0.3 is 0 Å². The van der Waals surface area contributed by atoms with E-state index >= 15 is 0 Å². The molecule has 0 radical (unpaired) electrons. The molecule has 1 atom stereocenters. The van der Waals surface area contributed by atoms with E-state index < -0.39 is 5.76 Å². The quantitative estimate of drug-likeness (QED) is 0.189. The van der Waals surface area contributed by atoms with E-state index in [4.69, 9.17) is 23.8 Å². The van der Waals surface area contributed by atoms with Crippen LogP contribution in [-0.4, -0.2) is 22.4 Å². The Bertz CT molecular complexity index is 1210. The molecular weight excluding hydrogens is 468 g/mol. The molecule has 1 heterocycles. The summed E-state index contributed by atoms with van der Waals surface area (Å²) in [6.45, 7) is 0.525. The van der Waals surface area contributed by atoms with Gasteiger partial charge in [0.1, 0.15) is 0 Å². The molecule has 0 aliphatic carbocycles. The number of aromatic nitrogens is 1. The maximum atomic E-state index is 12.5. The summed E-state index contributed by atoms with van der Waals surface area (Å²) >= 11 is 12.5. The zero-order valence-corrected chi connectivity index (χ0v) is 19.2. The Hall–Kier alpha value is -2.61. The number of aromatic amines is 1. The number of thioether (sulfide) groups is 1. The van der Waals surface area contributed by atoms with Crippen LogP contribution in [-0.2, 0) is 0 Å². The molecule has 0 saturated heterocycles. The molecule has 3 nitrogen and oxygen atoms in total. The first-order valence-electron chi connectivity index (χ1n) is 9.91. The van der Waals surface area contributed by atoms with Gasteiger partial charge in [0.15, 0.2) is 5.11 Å². The Morgan fingerprint density at radius 3 is 2.44 bits per heavy atom. The second-order valence-electron chi connectivity index (χ2n) is 7.10. The lowest BCUT2D eigenvalue weighted by Crippen LogP contribution is -2.32. The summed E-state index contributed by atoms with van der Waals surface area (Å²) < 4.78 is 25.0. The van der Waals surface area contributed by atoms with Crippen molar-refractivity contribution in [2.75, 3.05) is 11.9 Å². The SMILES string of the molecule is FC(F)Sc1ccc(NC(=S)NC[C@H](c2ccccc2Cl)c2c[nH]c3ccccc23)cc1. The second kappa shape index (κ2) is 10.3. The molecule has 32 heavy (non-hydrogen) atoms. The monoisotopic (exact) mass is 487 g/mol. The molecule has 0 saturated carbocycles. The number of thiocarbonyl (C=S) groups is 1. The first kappa shape index (κ1) is 22.6. The minimum Gasteiger partial charge on any atom is -0.361 e. The molecular formula is C24H20ClF2N3S2. The number of alkyl halides is 2. The number of nitrogens with one attached hydrogen (secondary N) is 3. The molecule has 0 fully saturated rings. The highest BCUT2D eigenvalue weighted by Crippen LogP contribution is 2.34. The number of rotatable bonds is 7. The molecule has 8 heteroatoms. The van der Waals surface area contributed by atoms with Crippen LogP contribution in [0.4, 0.5) is 14.5 Å². The van der Waals surface area contributed by atoms with Crippen LogP contribution < -0.4 is 10.6 Å². The van der Waals surface area contributed by atoms with Crippen LogP contribution in [0.2, 0.25) is 5.02 Å². The molecule has 0 unspecified atom stereocenters. The normalized spacial score (nSPS) is 12.1. The number of anilines is 1. The van der Waals surface area contributed by atoms with E-state index in [-0.39, 0.29) is 5.92 Å². The molecule has 0 aliphatic rings. The fourth-order valence-electron chi connectivity index (χ4n) is 3.62. The van der Waals surface area contributed by atoms with Crippen molar-refractivity contribution < 1.29 is 8.78 Å². The van der Waals surface area contributed by atoms with Crippen LogP contribution in [0.1, 0.15) is 17.0 Å². The fourth-order valence-corrected chi connectivity index (χ4v) is 4.58. The van der Waals surface area contributed by atoms with E-state index in [1.807, 2.05) is 48.7 Å². The Balaban J connectivity index is 1.51. The van der Waals surface area contributed by atoms with Crippen molar-refractivity contribution in [3.8, 4) is 0 Å². The van der Waals surface area contributed by atoms with Gasteiger partial charge in [-0.3, -0.25) is 0 Å². The van der Waals surface area contributed by atoms with Crippen LogP contribution in [0, 0.1) is 0 Å². The summed E-state index contributed by atoms with van der Waals surface area (Å²) in [4.78, 5) is 3.83. The predicted molar refractivity (Wildman–Crippen MR) is 134 cm³/mol. The maximum Gasteiger partial charge on any atom is 0.288 e. The van der Waals surface area contributed by atoms with Gasteiger partial charge < -0.3 is 15.6 Å². The summed E-state index contributed by atoms with van der Waals surface area (Å²) in [5, 5.41) is 8.65. The number of H-pyrrole nitrogens is 1. The lowest BCUT2D eigenvalue weighted by molar-refractivity contribution is 0.252. The highest BCUT2D eigenvalue weighted by molar-refractivity contribution is 7.99. The Kier molecular flexibility index (Phi) is 7.29. The van der Waals surface area contributed by atoms with E-state index in [1.54, 1.807) is 24.3 Å². The summed E-state index contributed by atoms with van der Waals surface area (Å²) in [6, 6.07) is 22.6. The smallest absolute Gasteiger partial charge is 0.288 e. The van der Waals surface area contributed by atoms with Gasteiger partial charge in [0.2, 0.25) is 0 Å². The first-order chi connectivity index (χ1) is 15.5. The number of hydrogen-bond donors (Lipinski definition) is 3. The predicted octanol–water partition coefficient (Wildman–Crippen LogP) is 7.25. The van der Waals surface area contributed by atoms with Gasteiger partial charge in [0, 0.05) is 45.2 Å². The van der Waals surface area contributed by atoms with Crippen molar-refractivity contribution in [2.24, 2.45) is 0 Å². The van der Waals surface area contributed by atoms with Crippen molar-refractivity contribution in [2.45, 2.75) is 16.6 Å². The van der Waals surface area contributed by atoms with Gasteiger partial charge in [-0.25, -0.2) is 0 Å². The molecule has 164 valence electrons. The molecule has 4 rings (SSSR count). The average Bonchev–Trinajstić information content (AvgIpc) is 3.20.